The fourth-order valence-electron chi connectivity index (χ4n) is 2.01. The average molecular weight is 264 g/mol. The Morgan fingerprint density at radius 2 is 2.06 bits per heavy atom. The van der Waals surface area contributed by atoms with Crippen molar-refractivity contribution in [3.05, 3.63) is 16.0 Å². The van der Waals surface area contributed by atoms with Gasteiger partial charge in [-0.25, -0.2) is 0 Å². The number of fused-ring (bicyclic) bond motifs is 1. The number of hydrogen-bond donors (Lipinski definition) is 3. The first-order chi connectivity index (χ1) is 8.34. The lowest BCUT2D eigenvalue weighted by atomic mass is 10.1. The topological polar surface area (TPSA) is 80.0 Å². The van der Waals surface area contributed by atoms with Gasteiger partial charge in [-0.1, -0.05) is 0 Å². The van der Waals surface area contributed by atoms with E-state index in [1.54, 1.807) is 18.7 Å². The van der Waals surface area contributed by atoms with E-state index in [0.717, 1.165) is 10.4 Å². The van der Waals surface area contributed by atoms with Crippen LogP contribution in [0.25, 0.3) is 0 Å². The summed E-state index contributed by atoms with van der Waals surface area (Å²) in [5.74, 6) is 0.328. The molecule has 1 atom stereocenters. The molecule has 0 radical (unpaired) electrons. The molecule has 1 aromatic heterocycles. The number of hydrogen-bond acceptors (Lipinski definition) is 4. The van der Waals surface area contributed by atoms with Crippen LogP contribution in [0.2, 0.25) is 0 Å². The summed E-state index contributed by atoms with van der Waals surface area (Å²) in [4.78, 5) is 14.8. The van der Waals surface area contributed by atoms with Gasteiger partial charge in [0.05, 0.1) is 11.6 Å². The van der Waals surface area contributed by atoms with Crippen molar-refractivity contribution in [3.8, 4) is 0 Å². The van der Waals surface area contributed by atoms with Gasteiger partial charge < -0.3 is 5.32 Å². The third kappa shape index (κ3) is 1.73. The minimum Gasteiger partial charge on any atom is -0.342 e. The molecule has 0 saturated carbocycles. The molecular formula is C12H16N4OS. The van der Waals surface area contributed by atoms with Gasteiger partial charge in [-0.3, -0.25) is 20.5 Å². The number of anilines is 1. The summed E-state index contributed by atoms with van der Waals surface area (Å²) in [5.41, 5.74) is 1.53. The summed E-state index contributed by atoms with van der Waals surface area (Å²) in [5, 5.41) is 19.4. The van der Waals surface area contributed by atoms with Crippen LogP contribution < -0.4 is 10.2 Å². The molecule has 0 fully saturated rings. The number of amidine groups is 2. The number of rotatable bonds is 0. The monoisotopic (exact) mass is 264 g/mol. The molecule has 1 aliphatic rings. The number of carbonyl (C=O) groups excluding carboxylic acids is 1. The van der Waals surface area contributed by atoms with E-state index in [-0.39, 0.29) is 17.6 Å². The van der Waals surface area contributed by atoms with E-state index in [4.69, 9.17) is 10.8 Å². The van der Waals surface area contributed by atoms with Gasteiger partial charge >= 0.3 is 0 Å². The highest BCUT2D eigenvalue weighted by Gasteiger charge is 2.33. The fourth-order valence-corrected chi connectivity index (χ4v) is 3.23. The van der Waals surface area contributed by atoms with E-state index >= 15 is 0 Å². The van der Waals surface area contributed by atoms with E-state index in [0.29, 0.717) is 10.6 Å². The van der Waals surface area contributed by atoms with Crippen LogP contribution in [0.5, 0.6) is 0 Å². The first kappa shape index (κ1) is 12.8. The fraction of sp³-hybridized carbons (Fsp3) is 0.417. The van der Waals surface area contributed by atoms with Gasteiger partial charge in [-0.15, -0.1) is 11.3 Å². The van der Waals surface area contributed by atoms with Gasteiger partial charge in [0.15, 0.2) is 0 Å². The summed E-state index contributed by atoms with van der Waals surface area (Å²) in [6, 6.07) is -0.392. The number of amides is 1. The molecular weight excluding hydrogens is 248 g/mol. The Morgan fingerprint density at radius 3 is 2.61 bits per heavy atom. The van der Waals surface area contributed by atoms with Gasteiger partial charge in [-0.2, -0.15) is 0 Å². The largest absolute Gasteiger partial charge is 0.342 e. The average Bonchev–Trinajstić information content (AvgIpc) is 2.49. The Hall–Kier alpha value is -1.69. The second-order valence-corrected chi connectivity index (χ2v) is 5.67. The standard InChI is InChI=1S/C12H16N4OS/c1-5-7(3)18-12-9(5)11(17)15-6(2)10(14)16(12)8(4)13/h6,13-14H,1-4H3,(H,15,17)/t6-/m0/s1. The molecule has 0 aliphatic carbocycles. The van der Waals surface area contributed by atoms with Gasteiger partial charge in [0.25, 0.3) is 5.91 Å². The first-order valence-electron chi connectivity index (χ1n) is 5.69. The van der Waals surface area contributed by atoms with Crippen molar-refractivity contribution in [1.29, 1.82) is 10.8 Å². The van der Waals surface area contributed by atoms with Gasteiger partial charge in [0.1, 0.15) is 16.7 Å². The highest BCUT2D eigenvalue weighted by Crippen LogP contribution is 2.37. The van der Waals surface area contributed by atoms with E-state index in [9.17, 15) is 4.79 Å². The summed E-state index contributed by atoms with van der Waals surface area (Å²) < 4.78 is 0. The lowest BCUT2D eigenvalue weighted by molar-refractivity contribution is 0.0951. The third-order valence-corrected chi connectivity index (χ3v) is 4.32. The van der Waals surface area contributed by atoms with Crippen LogP contribution in [0.4, 0.5) is 5.00 Å². The van der Waals surface area contributed by atoms with Crippen LogP contribution >= 0.6 is 11.3 Å². The summed E-state index contributed by atoms with van der Waals surface area (Å²) in [6.45, 7) is 7.24. The molecule has 2 rings (SSSR count). The van der Waals surface area contributed by atoms with Crippen LogP contribution in [0.3, 0.4) is 0 Å². The van der Waals surface area contributed by atoms with Crippen LogP contribution in [-0.2, 0) is 0 Å². The highest BCUT2D eigenvalue weighted by atomic mass is 32.1. The maximum absolute atomic E-state index is 12.2. The molecule has 1 amide bonds. The van der Waals surface area contributed by atoms with Crippen molar-refractivity contribution < 1.29 is 4.79 Å². The Balaban J connectivity index is 2.70. The molecule has 18 heavy (non-hydrogen) atoms. The smallest absolute Gasteiger partial charge is 0.255 e. The second-order valence-electron chi connectivity index (χ2n) is 4.46. The van der Waals surface area contributed by atoms with E-state index in [1.807, 2.05) is 13.8 Å². The second kappa shape index (κ2) is 4.20. The minimum absolute atomic E-state index is 0.159. The maximum Gasteiger partial charge on any atom is 0.255 e. The lowest BCUT2D eigenvalue weighted by Gasteiger charge is -2.23. The molecule has 2 heterocycles. The molecule has 0 unspecified atom stereocenters. The molecule has 5 nitrogen and oxygen atoms in total. The zero-order chi connectivity index (χ0) is 13.6. The first-order valence-corrected chi connectivity index (χ1v) is 6.50. The van der Waals surface area contributed by atoms with Gasteiger partial charge in [-0.05, 0) is 33.3 Å². The van der Waals surface area contributed by atoms with E-state index in [2.05, 4.69) is 5.32 Å². The summed E-state index contributed by atoms with van der Waals surface area (Å²) in [6.07, 6.45) is 0. The number of carbonyl (C=O) groups is 1. The normalized spacial score (nSPS) is 19.3. The predicted molar refractivity (Wildman–Crippen MR) is 74.3 cm³/mol. The predicted octanol–water partition coefficient (Wildman–Crippen LogP) is 2.28. The van der Waals surface area contributed by atoms with E-state index in [1.165, 1.54) is 11.3 Å². The van der Waals surface area contributed by atoms with Crippen LogP contribution in [-0.4, -0.2) is 23.6 Å². The van der Waals surface area contributed by atoms with Crippen LogP contribution in [0.1, 0.15) is 34.6 Å². The van der Waals surface area contributed by atoms with E-state index < -0.39 is 6.04 Å². The Bertz CT molecular complexity index is 561. The number of nitrogens with zero attached hydrogens (tertiary/aromatic N) is 1. The van der Waals surface area contributed by atoms with Crippen molar-refractivity contribution in [2.24, 2.45) is 0 Å². The molecule has 96 valence electrons. The quantitative estimate of drug-likeness (QED) is 0.496. The molecule has 0 spiro atoms. The van der Waals surface area contributed by atoms with Gasteiger partial charge in [0, 0.05) is 4.88 Å². The highest BCUT2D eigenvalue weighted by molar-refractivity contribution is 7.17. The van der Waals surface area contributed by atoms with Crippen LogP contribution in [0.15, 0.2) is 0 Å². The molecule has 6 heteroatoms. The van der Waals surface area contributed by atoms with Crippen LogP contribution in [0, 0.1) is 24.7 Å². The Kier molecular flexibility index (Phi) is 2.98. The molecule has 1 aromatic rings. The third-order valence-electron chi connectivity index (χ3n) is 3.13. The summed E-state index contributed by atoms with van der Waals surface area (Å²) in [7, 11) is 0. The van der Waals surface area contributed by atoms with Crippen molar-refractivity contribution >= 4 is 33.9 Å². The Labute approximate surface area is 110 Å². The summed E-state index contributed by atoms with van der Waals surface area (Å²) >= 11 is 1.46. The molecule has 0 aromatic carbocycles. The minimum atomic E-state index is -0.392. The molecule has 1 aliphatic heterocycles. The zero-order valence-corrected chi connectivity index (χ0v) is 11.7. The van der Waals surface area contributed by atoms with Crippen molar-refractivity contribution in [2.75, 3.05) is 4.90 Å². The Morgan fingerprint density at radius 1 is 1.44 bits per heavy atom. The van der Waals surface area contributed by atoms with Crippen molar-refractivity contribution in [1.82, 2.24) is 5.32 Å². The van der Waals surface area contributed by atoms with Crippen molar-refractivity contribution in [3.63, 3.8) is 0 Å². The number of aryl methyl sites for hydroxylation is 1. The zero-order valence-electron chi connectivity index (χ0n) is 10.8. The molecule has 0 saturated heterocycles. The number of nitrogens with one attached hydrogen (secondary N) is 3. The maximum atomic E-state index is 12.2. The molecule has 0 bridgehead atoms. The molecule has 3 N–H and O–H groups in total. The number of thiophene rings is 1. The van der Waals surface area contributed by atoms with Crippen molar-refractivity contribution in [2.45, 2.75) is 33.7 Å². The van der Waals surface area contributed by atoms with Gasteiger partial charge in [0.2, 0.25) is 0 Å². The SMILES string of the molecule is CC(=N)N1C(=N)[C@H](C)NC(=O)c2c1sc(C)c2C. The lowest BCUT2D eigenvalue weighted by Crippen LogP contribution is -2.45.